The third kappa shape index (κ3) is 2.57. The first kappa shape index (κ1) is 11.7. The van der Waals surface area contributed by atoms with Gasteiger partial charge in [0.2, 0.25) is 0 Å². The molecular weight excluding hydrogens is 236 g/mol. The van der Waals surface area contributed by atoms with Gasteiger partial charge in [-0.1, -0.05) is 30.3 Å². The number of nitrogens with zero attached hydrogens (tertiary/aromatic N) is 2. The average molecular weight is 252 g/mol. The highest BCUT2D eigenvalue weighted by atomic mass is 15.0. The first-order valence-electron chi connectivity index (χ1n) is 6.42. The lowest BCUT2D eigenvalue weighted by Crippen LogP contribution is -1.93. The number of hydrogen-bond donors (Lipinski definition) is 2. The number of imidazole rings is 1. The Labute approximate surface area is 111 Å². The van der Waals surface area contributed by atoms with Crippen molar-refractivity contribution in [1.82, 2.24) is 15.0 Å². The van der Waals surface area contributed by atoms with E-state index in [0.29, 0.717) is 0 Å². The molecule has 4 heteroatoms. The number of benzene rings is 1. The van der Waals surface area contributed by atoms with Crippen LogP contribution in [0.1, 0.15) is 11.4 Å². The molecule has 0 unspecified atom stereocenters. The largest absolute Gasteiger partial charge is 0.373 e. The first-order valence-corrected chi connectivity index (χ1v) is 6.42. The van der Waals surface area contributed by atoms with Gasteiger partial charge in [0.25, 0.3) is 0 Å². The van der Waals surface area contributed by atoms with Crippen LogP contribution in [0.4, 0.5) is 5.82 Å². The van der Waals surface area contributed by atoms with Crippen LogP contribution < -0.4 is 5.32 Å². The van der Waals surface area contributed by atoms with Crippen molar-refractivity contribution in [3.05, 3.63) is 53.9 Å². The minimum absolute atomic E-state index is 0.773. The van der Waals surface area contributed by atoms with Crippen molar-refractivity contribution in [2.45, 2.75) is 12.8 Å². The molecule has 2 heterocycles. The van der Waals surface area contributed by atoms with Gasteiger partial charge in [-0.25, -0.2) is 9.97 Å². The molecule has 0 saturated heterocycles. The molecule has 0 saturated carbocycles. The summed E-state index contributed by atoms with van der Waals surface area (Å²) in [6, 6.07) is 14.4. The maximum Gasteiger partial charge on any atom is 0.179 e. The molecule has 0 spiro atoms. The lowest BCUT2D eigenvalue weighted by Gasteiger charge is -1.97. The lowest BCUT2D eigenvalue weighted by atomic mass is 10.1. The fourth-order valence-electron chi connectivity index (χ4n) is 2.11. The topological polar surface area (TPSA) is 53.6 Å². The molecule has 0 aliphatic carbocycles. The second kappa shape index (κ2) is 5.10. The molecule has 2 aromatic heterocycles. The number of aromatic amines is 1. The van der Waals surface area contributed by atoms with Gasteiger partial charge in [-0.2, -0.15) is 0 Å². The highest BCUT2D eigenvalue weighted by molar-refractivity contribution is 5.72. The van der Waals surface area contributed by atoms with Crippen molar-refractivity contribution in [3.8, 4) is 0 Å². The maximum atomic E-state index is 4.53. The molecule has 0 radical (unpaired) electrons. The predicted octanol–water partition coefficient (Wildman–Crippen LogP) is 2.78. The van der Waals surface area contributed by atoms with E-state index in [4.69, 9.17) is 0 Å². The van der Waals surface area contributed by atoms with Crippen LogP contribution in [0.5, 0.6) is 0 Å². The van der Waals surface area contributed by atoms with Gasteiger partial charge >= 0.3 is 0 Å². The summed E-state index contributed by atoms with van der Waals surface area (Å²) in [6.07, 6.45) is 1.88. The molecular formula is C15H16N4. The Morgan fingerprint density at radius 1 is 1.00 bits per heavy atom. The van der Waals surface area contributed by atoms with Gasteiger partial charge in [0.1, 0.15) is 11.6 Å². The van der Waals surface area contributed by atoms with Crippen LogP contribution in [0.3, 0.4) is 0 Å². The molecule has 1 aromatic carbocycles. The highest BCUT2D eigenvalue weighted by Gasteiger charge is 2.05. The van der Waals surface area contributed by atoms with E-state index >= 15 is 0 Å². The summed E-state index contributed by atoms with van der Waals surface area (Å²) in [4.78, 5) is 12.3. The van der Waals surface area contributed by atoms with Crippen molar-refractivity contribution in [1.29, 1.82) is 0 Å². The fourth-order valence-corrected chi connectivity index (χ4v) is 2.11. The van der Waals surface area contributed by atoms with Crippen LogP contribution in [0.2, 0.25) is 0 Å². The monoisotopic (exact) mass is 252 g/mol. The van der Waals surface area contributed by atoms with E-state index in [1.165, 1.54) is 5.56 Å². The Morgan fingerprint density at radius 2 is 1.84 bits per heavy atom. The second-order valence-corrected chi connectivity index (χ2v) is 4.49. The summed E-state index contributed by atoms with van der Waals surface area (Å²) in [5, 5.41) is 3.02. The molecule has 3 aromatic rings. The predicted molar refractivity (Wildman–Crippen MR) is 77.3 cm³/mol. The number of nitrogens with one attached hydrogen (secondary N) is 2. The van der Waals surface area contributed by atoms with E-state index in [0.717, 1.165) is 35.6 Å². The first-order chi connectivity index (χ1) is 9.35. The maximum absolute atomic E-state index is 4.53. The molecule has 0 fully saturated rings. The normalized spacial score (nSPS) is 10.8. The summed E-state index contributed by atoms with van der Waals surface area (Å²) >= 11 is 0. The van der Waals surface area contributed by atoms with Crippen molar-refractivity contribution in [2.75, 3.05) is 12.4 Å². The summed E-state index contributed by atoms with van der Waals surface area (Å²) in [5.41, 5.74) is 3.09. The van der Waals surface area contributed by atoms with Crippen molar-refractivity contribution >= 4 is 17.0 Å². The van der Waals surface area contributed by atoms with Crippen LogP contribution in [0.25, 0.3) is 11.2 Å². The van der Waals surface area contributed by atoms with Crippen LogP contribution >= 0.6 is 0 Å². The zero-order chi connectivity index (χ0) is 13.1. The van der Waals surface area contributed by atoms with Crippen molar-refractivity contribution in [3.63, 3.8) is 0 Å². The number of pyridine rings is 1. The molecule has 4 nitrogen and oxygen atoms in total. The summed E-state index contributed by atoms with van der Waals surface area (Å²) in [6.45, 7) is 0. The molecule has 0 atom stereocenters. The zero-order valence-electron chi connectivity index (χ0n) is 10.9. The quantitative estimate of drug-likeness (QED) is 0.750. The Balaban J connectivity index is 1.78. The van der Waals surface area contributed by atoms with Gasteiger partial charge in [-0.3, -0.25) is 0 Å². The van der Waals surface area contributed by atoms with Gasteiger partial charge in [0.15, 0.2) is 5.65 Å². The van der Waals surface area contributed by atoms with Gasteiger partial charge < -0.3 is 10.3 Å². The minimum Gasteiger partial charge on any atom is -0.373 e. The number of aryl methyl sites for hydroxylation is 2. The average Bonchev–Trinajstić information content (AvgIpc) is 2.88. The molecule has 0 aliphatic heterocycles. The fraction of sp³-hybridized carbons (Fsp3) is 0.200. The number of fused-ring (bicyclic) bond motifs is 1. The Kier molecular flexibility index (Phi) is 3.14. The van der Waals surface area contributed by atoms with E-state index < -0.39 is 0 Å². The van der Waals surface area contributed by atoms with Gasteiger partial charge in [-0.15, -0.1) is 0 Å². The van der Waals surface area contributed by atoms with E-state index in [1.807, 2.05) is 25.2 Å². The number of anilines is 1. The number of H-pyrrole nitrogens is 1. The smallest absolute Gasteiger partial charge is 0.179 e. The van der Waals surface area contributed by atoms with E-state index in [1.54, 1.807) is 0 Å². The third-order valence-electron chi connectivity index (χ3n) is 3.14. The summed E-state index contributed by atoms with van der Waals surface area (Å²) in [7, 11) is 1.86. The number of rotatable bonds is 4. The Morgan fingerprint density at radius 3 is 2.63 bits per heavy atom. The summed E-state index contributed by atoms with van der Waals surface area (Å²) in [5.74, 6) is 1.83. The molecule has 0 amide bonds. The molecule has 0 bridgehead atoms. The highest BCUT2D eigenvalue weighted by Crippen LogP contribution is 2.13. The van der Waals surface area contributed by atoms with Gasteiger partial charge in [0.05, 0.1) is 5.52 Å². The molecule has 2 N–H and O–H groups in total. The van der Waals surface area contributed by atoms with Crippen molar-refractivity contribution < 1.29 is 0 Å². The van der Waals surface area contributed by atoms with Crippen LogP contribution in [0.15, 0.2) is 42.5 Å². The summed E-state index contributed by atoms with van der Waals surface area (Å²) < 4.78 is 0. The molecule has 19 heavy (non-hydrogen) atoms. The van der Waals surface area contributed by atoms with E-state index in [2.05, 4.69) is 44.5 Å². The van der Waals surface area contributed by atoms with Crippen molar-refractivity contribution in [2.24, 2.45) is 0 Å². The molecule has 3 rings (SSSR count). The number of hydrogen-bond acceptors (Lipinski definition) is 3. The Hall–Kier alpha value is -2.36. The molecule has 0 aliphatic rings. The number of aromatic nitrogens is 3. The van der Waals surface area contributed by atoms with Gasteiger partial charge in [0, 0.05) is 13.5 Å². The van der Waals surface area contributed by atoms with Gasteiger partial charge in [-0.05, 0) is 24.1 Å². The molecule has 96 valence electrons. The zero-order valence-corrected chi connectivity index (χ0v) is 10.9. The van der Waals surface area contributed by atoms with Crippen LogP contribution in [0, 0.1) is 0 Å². The third-order valence-corrected chi connectivity index (χ3v) is 3.14. The standard InChI is InChI=1S/C15H16N4/c1-16-13-10-8-12-15(18-13)19-14(17-12)9-7-11-5-3-2-4-6-11/h2-6,8,10H,7,9H2,1H3,(H2,16,17,18,19). The lowest BCUT2D eigenvalue weighted by molar-refractivity contribution is 0.889. The Bertz CT molecular complexity index is 673. The second-order valence-electron chi connectivity index (χ2n) is 4.49. The van der Waals surface area contributed by atoms with Crippen LogP contribution in [-0.4, -0.2) is 22.0 Å². The SMILES string of the molecule is CNc1ccc2[nH]c(CCc3ccccc3)nc2n1. The van der Waals surface area contributed by atoms with Crippen LogP contribution in [-0.2, 0) is 12.8 Å². The minimum atomic E-state index is 0.773. The van der Waals surface area contributed by atoms with E-state index in [9.17, 15) is 0 Å². The van der Waals surface area contributed by atoms with E-state index in [-0.39, 0.29) is 0 Å².